The van der Waals surface area contributed by atoms with Gasteiger partial charge < -0.3 is 5.32 Å². The van der Waals surface area contributed by atoms with Crippen LogP contribution in [0.15, 0.2) is 24.3 Å². The number of benzene rings is 1. The molecule has 0 saturated carbocycles. The Kier molecular flexibility index (Phi) is 4.87. The van der Waals surface area contributed by atoms with Gasteiger partial charge >= 0.3 is 0 Å². The first-order chi connectivity index (χ1) is 8.74. The summed E-state index contributed by atoms with van der Waals surface area (Å²) in [6, 6.07) is 8.42. The average Bonchev–Trinajstić information content (AvgIpc) is 2.36. The molecule has 0 saturated heterocycles. The molecule has 0 aliphatic carbocycles. The second-order valence-electron chi connectivity index (χ2n) is 5.90. The zero-order valence-corrected chi connectivity index (χ0v) is 12.4. The van der Waals surface area contributed by atoms with Gasteiger partial charge in [0.05, 0.1) is 0 Å². The van der Waals surface area contributed by atoms with Crippen molar-refractivity contribution in [1.29, 1.82) is 0 Å². The Morgan fingerprint density at radius 2 is 1.68 bits per heavy atom. The van der Waals surface area contributed by atoms with Crippen molar-refractivity contribution in [3.05, 3.63) is 35.4 Å². The lowest BCUT2D eigenvalue weighted by Crippen LogP contribution is -2.39. The summed E-state index contributed by atoms with van der Waals surface area (Å²) in [4.78, 5) is 22.2. The van der Waals surface area contributed by atoms with E-state index in [4.69, 9.17) is 0 Å². The van der Waals surface area contributed by atoms with Crippen LogP contribution in [-0.2, 0) is 15.0 Å². The lowest BCUT2D eigenvalue weighted by Gasteiger charge is -2.26. The molecule has 1 aromatic carbocycles. The maximum Gasteiger partial charge on any atom is 0.287 e. The van der Waals surface area contributed by atoms with Crippen LogP contribution in [0.5, 0.6) is 0 Å². The summed E-state index contributed by atoms with van der Waals surface area (Å²) in [7, 11) is 0. The van der Waals surface area contributed by atoms with Crippen molar-refractivity contribution >= 4 is 11.7 Å². The smallest absolute Gasteiger partial charge is 0.287 e. The van der Waals surface area contributed by atoms with Gasteiger partial charge in [-0.1, -0.05) is 52.0 Å². The highest BCUT2D eigenvalue weighted by atomic mass is 16.2. The average molecular weight is 261 g/mol. The zero-order chi connectivity index (χ0) is 14.6. The summed E-state index contributed by atoms with van der Waals surface area (Å²) in [5.74, 6) is -0.465. The molecule has 0 bridgehead atoms. The van der Waals surface area contributed by atoms with Crippen LogP contribution in [-0.4, -0.2) is 18.2 Å². The summed E-state index contributed by atoms with van der Waals surface area (Å²) in [6.45, 7) is 10.2. The lowest BCUT2D eigenvalue weighted by molar-refractivity contribution is -0.136. The number of carbonyl (C=O) groups excluding carboxylic acids is 2. The van der Waals surface area contributed by atoms with Crippen molar-refractivity contribution in [3.8, 4) is 0 Å². The van der Waals surface area contributed by atoms with Crippen LogP contribution < -0.4 is 5.32 Å². The second-order valence-corrected chi connectivity index (χ2v) is 5.90. The summed E-state index contributed by atoms with van der Waals surface area (Å²) < 4.78 is 0. The third-order valence-corrected chi connectivity index (χ3v) is 3.37. The quantitative estimate of drug-likeness (QED) is 0.828. The van der Waals surface area contributed by atoms with E-state index in [0.717, 1.165) is 5.56 Å². The fraction of sp³-hybridized carbons (Fsp3) is 0.500. The van der Waals surface area contributed by atoms with Gasteiger partial charge in [0.15, 0.2) is 0 Å². The van der Waals surface area contributed by atoms with Gasteiger partial charge in [0.2, 0.25) is 5.78 Å². The Morgan fingerprint density at radius 3 is 2.11 bits per heavy atom. The number of rotatable bonds is 5. The molecule has 1 aromatic rings. The van der Waals surface area contributed by atoms with E-state index < -0.39 is 11.7 Å². The van der Waals surface area contributed by atoms with Gasteiger partial charge in [-0.2, -0.15) is 0 Å². The number of hydrogen-bond acceptors (Lipinski definition) is 2. The minimum atomic E-state index is -0.521. The van der Waals surface area contributed by atoms with Gasteiger partial charge in [-0.25, -0.2) is 0 Å². The van der Waals surface area contributed by atoms with Crippen LogP contribution in [0.2, 0.25) is 0 Å². The molecular formula is C16H23NO2. The topological polar surface area (TPSA) is 46.2 Å². The van der Waals surface area contributed by atoms with Crippen LogP contribution in [0.25, 0.3) is 0 Å². The van der Waals surface area contributed by atoms with E-state index in [-0.39, 0.29) is 5.41 Å². The molecule has 1 rings (SSSR count). The fourth-order valence-electron chi connectivity index (χ4n) is 1.85. The minimum Gasteiger partial charge on any atom is -0.349 e. The first-order valence-electron chi connectivity index (χ1n) is 6.63. The SMILES string of the molecule is CC(=O)C(=O)NCC(C)(C)c1ccc(C(C)C)cc1. The van der Waals surface area contributed by atoms with Crippen LogP contribution in [0.3, 0.4) is 0 Å². The van der Waals surface area contributed by atoms with Crippen LogP contribution in [0, 0.1) is 0 Å². The number of ketones is 1. The highest BCUT2D eigenvalue weighted by Crippen LogP contribution is 2.24. The lowest BCUT2D eigenvalue weighted by atomic mass is 9.83. The number of Topliss-reactive ketones (excluding diaryl/α,β-unsaturated/α-hetero) is 1. The molecule has 0 spiro atoms. The van der Waals surface area contributed by atoms with E-state index in [9.17, 15) is 9.59 Å². The molecule has 19 heavy (non-hydrogen) atoms. The van der Waals surface area contributed by atoms with Gasteiger partial charge in [-0.3, -0.25) is 9.59 Å². The first-order valence-corrected chi connectivity index (χ1v) is 6.63. The number of hydrogen-bond donors (Lipinski definition) is 1. The fourth-order valence-corrected chi connectivity index (χ4v) is 1.85. The summed E-state index contributed by atoms with van der Waals surface area (Å²) in [5.41, 5.74) is 2.26. The van der Waals surface area contributed by atoms with Crippen LogP contribution >= 0.6 is 0 Å². The van der Waals surface area contributed by atoms with Crippen molar-refractivity contribution in [3.63, 3.8) is 0 Å². The highest BCUT2D eigenvalue weighted by molar-refractivity contribution is 6.35. The van der Waals surface area contributed by atoms with Crippen molar-refractivity contribution in [2.24, 2.45) is 0 Å². The van der Waals surface area contributed by atoms with Gasteiger partial charge in [-0.05, 0) is 17.0 Å². The molecule has 0 unspecified atom stereocenters. The van der Waals surface area contributed by atoms with Gasteiger partial charge in [0.25, 0.3) is 5.91 Å². The number of amides is 1. The maximum absolute atomic E-state index is 11.3. The molecular weight excluding hydrogens is 238 g/mol. The third kappa shape index (κ3) is 4.19. The summed E-state index contributed by atoms with van der Waals surface area (Å²) in [5, 5.41) is 2.67. The molecule has 0 fully saturated rings. The zero-order valence-electron chi connectivity index (χ0n) is 12.4. The van der Waals surface area contributed by atoms with Gasteiger partial charge in [0, 0.05) is 18.9 Å². The Labute approximate surface area is 115 Å². The molecule has 0 aliphatic heterocycles. The summed E-state index contributed by atoms with van der Waals surface area (Å²) in [6.07, 6.45) is 0. The molecule has 1 N–H and O–H groups in total. The molecule has 104 valence electrons. The van der Waals surface area contributed by atoms with Gasteiger partial charge in [-0.15, -0.1) is 0 Å². The van der Waals surface area contributed by atoms with E-state index in [2.05, 4.69) is 57.3 Å². The highest BCUT2D eigenvalue weighted by Gasteiger charge is 2.22. The van der Waals surface area contributed by atoms with Crippen molar-refractivity contribution in [2.45, 2.75) is 46.0 Å². The Morgan fingerprint density at radius 1 is 1.16 bits per heavy atom. The largest absolute Gasteiger partial charge is 0.349 e. The van der Waals surface area contributed by atoms with Crippen molar-refractivity contribution in [1.82, 2.24) is 5.32 Å². The molecule has 0 aliphatic rings. The Bertz CT molecular complexity index is 458. The molecule has 0 heterocycles. The van der Waals surface area contributed by atoms with Crippen LogP contribution in [0.1, 0.15) is 51.7 Å². The third-order valence-electron chi connectivity index (χ3n) is 3.37. The van der Waals surface area contributed by atoms with E-state index in [0.29, 0.717) is 12.5 Å². The standard InChI is InChI=1S/C16H23NO2/c1-11(2)13-6-8-14(9-7-13)16(4,5)10-17-15(19)12(3)18/h6-9,11H,10H2,1-5H3,(H,17,19). The van der Waals surface area contributed by atoms with E-state index in [1.165, 1.54) is 12.5 Å². The molecule has 0 aromatic heterocycles. The molecule has 3 nitrogen and oxygen atoms in total. The Hall–Kier alpha value is -1.64. The predicted molar refractivity (Wildman–Crippen MR) is 77.2 cm³/mol. The van der Waals surface area contributed by atoms with E-state index >= 15 is 0 Å². The number of carbonyl (C=O) groups is 2. The van der Waals surface area contributed by atoms with Crippen molar-refractivity contribution < 1.29 is 9.59 Å². The molecule has 1 amide bonds. The maximum atomic E-state index is 11.3. The predicted octanol–water partition coefficient (Wildman–Crippen LogP) is 2.79. The monoisotopic (exact) mass is 261 g/mol. The van der Waals surface area contributed by atoms with E-state index in [1.54, 1.807) is 0 Å². The normalized spacial score (nSPS) is 11.5. The van der Waals surface area contributed by atoms with Crippen LogP contribution in [0.4, 0.5) is 0 Å². The number of nitrogens with one attached hydrogen (secondary N) is 1. The minimum absolute atomic E-state index is 0.194. The second kappa shape index (κ2) is 6.00. The molecule has 0 radical (unpaired) electrons. The van der Waals surface area contributed by atoms with Gasteiger partial charge in [0.1, 0.15) is 0 Å². The Balaban J connectivity index is 2.76. The van der Waals surface area contributed by atoms with E-state index in [1.807, 2.05) is 0 Å². The van der Waals surface area contributed by atoms with Crippen molar-refractivity contribution in [2.75, 3.05) is 6.54 Å². The molecule has 3 heteroatoms. The molecule has 0 atom stereocenters. The summed E-state index contributed by atoms with van der Waals surface area (Å²) >= 11 is 0. The first kappa shape index (κ1) is 15.4.